The van der Waals surface area contributed by atoms with Crippen molar-refractivity contribution >= 4 is 5.91 Å². The first-order valence-corrected chi connectivity index (χ1v) is 5.69. The van der Waals surface area contributed by atoms with Gasteiger partial charge >= 0.3 is 0 Å². The zero-order valence-corrected chi connectivity index (χ0v) is 9.86. The normalized spacial score (nSPS) is 15.6. The van der Waals surface area contributed by atoms with Gasteiger partial charge in [-0.25, -0.2) is 0 Å². The molecule has 0 aromatic heterocycles. The second-order valence-electron chi connectivity index (χ2n) is 4.58. The van der Waals surface area contributed by atoms with Gasteiger partial charge in [-0.3, -0.25) is 4.79 Å². The maximum Gasteiger partial charge on any atom is 0.253 e. The number of carbonyl (C=O) groups excluding carboxylic acids is 1. The van der Waals surface area contributed by atoms with Gasteiger partial charge in [0.05, 0.1) is 0 Å². The number of rotatable bonds is 3. The highest BCUT2D eigenvalue weighted by Gasteiger charge is 2.21. The molecular weight excluding hydrogens is 200 g/mol. The molecule has 0 unspecified atom stereocenters. The molecule has 1 aromatic carbocycles. The largest absolute Gasteiger partial charge is 0.341 e. The molecule has 0 aliphatic carbocycles. The van der Waals surface area contributed by atoms with Gasteiger partial charge in [-0.1, -0.05) is 17.7 Å². The third-order valence-electron chi connectivity index (χ3n) is 3.04. The standard InChI is InChI=1S/C13H18N2O/c1-10-3-5-12(6-4-10)13(16)15(2)9-11-7-14-8-11/h3-6,11,14H,7-9H2,1-2H3. The topological polar surface area (TPSA) is 32.3 Å². The molecule has 1 fully saturated rings. The van der Waals surface area contributed by atoms with Crippen molar-refractivity contribution in [3.05, 3.63) is 35.4 Å². The lowest BCUT2D eigenvalue weighted by molar-refractivity contribution is 0.0756. The fraction of sp³-hybridized carbons (Fsp3) is 0.462. The van der Waals surface area contributed by atoms with Crippen molar-refractivity contribution in [2.45, 2.75) is 6.92 Å². The van der Waals surface area contributed by atoms with Crippen LogP contribution in [0.4, 0.5) is 0 Å². The van der Waals surface area contributed by atoms with Gasteiger partial charge in [0, 0.05) is 38.2 Å². The quantitative estimate of drug-likeness (QED) is 0.829. The van der Waals surface area contributed by atoms with Crippen molar-refractivity contribution in [3.8, 4) is 0 Å². The average Bonchev–Trinajstić information content (AvgIpc) is 2.23. The molecule has 1 aliphatic rings. The van der Waals surface area contributed by atoms with E-state index in [0.717, 1.165) is 25.2 Å². The van der Waals surface area contributed by atoms with Crippen molar-refractivity contribution in [3.63, 3.8) is 0 Å². The Morgan fingerprint density at radius 3 is 2.50 bits per heavy atom. The summed E-state index contributed by atoms with van der Waals surface area (Å²) in [6.07, 6.45) is 0. The minimum absolute atomic E-state index is 0.118. The molecule has 1 aliphatic heterocycles. The van der Waals surface area contributed by atoms with E-state index in [0.29, 0.717) is 5.92 Å². The summed E-state index contributed by atoms with van der Waals surface area (Å²) < 4.78 is 0. The lowest BCUT2D eigenvalue weighted by Crippen LogP contribution is -2.48. The highest BCUT2D eigenvalue weighted by Crippen LogP contribution is 2.09. The molecule has 1 aromatic rings. The van der Waals surface area contributed by atoms with Crippen LogP contribution in [0.15, 0.2) is 24.3 Å². The van der Waals surface area contributed by atoms with Crippen LogP contribution in [0.25, 0.3) is 0 Å². The van der Waals surface area contributed by atoms with E-state index in [1.807, 2.05) is 43.1 Å². The van der Waals surface area contributed by atoms with Crippen LogP contribution in [0.1, 0.15) is 15.9 Å². The third-order valence-corrected chi connectivity index (χ3v) is 3.04. The molecule has 1 N–H and O–H groups in total. The summed E-state index contributed by atoms with van der Waals surface area (Å²) in [7, 11) is 1.88. The van der Waals surface area contributed by atoms with Crippen LogP contribution >= 0.6 is 0 Å². The summed E-state index contributed by atoms with van der Waals surface area (Å²) in [4.78, 5) is 13.9. The fourth-order valence-corrected chi connectivity index (χ4v) is 1.86. The predicted molar refractivity (Wildman–Crippen MR) is 64.5 cm³/mol. The van der Waals surface area contributed by atoms with Gasteiger partial charge in [0.15, 0.2) is 0 Å². The van der Waals surface area contributed by atoms with Crippen LogP contribution in [0.5, 0.6) is 0 Å². The summed E-state index contributed by atoms with van der Waals surface area (Å²) in [5.41, 5.74) is 1.96. The molecule has 0 bridgehead atoms. The first-order chi connectivity index (χ1) is 7.66. The zero-order valence-electron chi connectivity index (χ0n) is 9.86. The second kappa shape index (κ2) is 4.66. The van der Waals surface area contributed by atoms with Crippen LogP contribution in [-0.2, 0) is 0 Å². The first-order valence-electron chi connectivity index (χ1n) is 5.69. The number of hydrogen-bond acceptors (Lipinski definition) is 2. The summed E-state index contributed by atoms with van der Waals surface area (Å²) in [5.74, 6) is 0.742. The average molecular weight is 218 g/mol. The molecule has 3 nitrogen and oxygen atoms in total. The van der Waals surface area contributed by atoms with Crippen LogP contribution in [-0.4, -0.2) is 37.5 Å². The minimum Gasteiger partial charge on any atom is -0.341 e. The van der Waals surface area contributed by atoms with Crippen molar-refractivity contribution in [2.24, 2.45) is 5.92 Å². The molecule has 3 heteroatoms. The number of nitrogens with zero attached hydrogens (tertiary/aromatic N) is 1. The SMILES string of the molecule is Cc1ccc(C(=O)N(C)CC2CNC2)cc1. The molecule has 86 valence electrons. The second-order valence-corrected chi connectivity index (χ2v) is 4.58. The molecule has 1 amide bonds. The molecule has 0 saturated carbocycles. The van der Waals surface area contributed by atoms with E-state index in [1.165, 1.54) is 5.56 Å². The van der Waals surface area contributed by atoms with Crippen LogP contribution in [0, 0.1) is 12.8 Å². The number of benzene rings is 1. The van der Waals surface area contributed by atoms with E-state index in [4.69, 9.17) is 0 Å². The summed E-state index contributed by atoms with van der Waals surface area (Å²) >= 11 is 0. The molecule has 1 heterocycles. The Bertz CT molecular complexity index is 368. The molecule has 0 atom stereocenters. The number of nitrogens with one attached hydrogen (secondary N) is 1. The Balaban J connectivity index is 1.97. The lowest BCUT2D eigenvalue weighted by atomic mass is 10.0. The highest BCUT2D eigenvalue weighted by molar-refractivity contribution is 5.94. The van der Waals surface area contributed by atoms with E-state index in [1.54, 1.807) is 0 Å². The van der Waals surface area contributed by atoms with Crippen molar-refractivity contribution in [1.82, 2.24) is 10.2 Å². The Morgan fingerprint density at radius 1 is 1.38 bits per heavy atom. The lowest BCUT2D eigenvalue weighted by Gasteiger charge is -2.31. The number of hydrogen-bond donors (Lipinski definition) is 1. The van der Waals surface area contributed by atoms with E-state index >= 15 is 0 Å². The predicted octanol–water partition coefficient (Wildman–Crippen LogP) is 1.29. The number of amides is 1. The Labute approximate surface area is 96.5 Å². The zero-order chi connectivity index (χ0) is 11.5. The molecule has 0 spiro atoms. The Hall–Kier alpha value is -1.35. The van der Waals surface area contributed by atoms with Gasteiger partial charge in [0.1, 0.15) is 0 Å². The summed E-state index contributed by atoms with van der Waals surface area (Å²) in [6, 6.07) is 7.75. The molecular formula is C13H18N2O. The van der Waals surface area contributed by atoms with Gasteiger partial charge in [-0.15, -0.1) is 0 Å². The van der Waals surface area contributed by atoms with Crippen molar-refractivity contribution in [1.29, 1.82) is 0 Å². The van der Waals surface area contributed by atoms with Crippen molar-refractivity contribution < 1.29 is 4.79 Å². The Kier molecular flexibility index (Phi) is 3.25. The monoisotopic (exact) mass is 218 g/mol. The van der Waals surface area contributed by atoms with Crippen LogP contribution in [0.2, 0.25) is 0 Å². The fourth-order valence-electron chi connectivity index (χ4n) is 1.86. The summed E-state index contributed by atoms with van der Waals surface area (Å²) in [6.45, 7) is 4.94. The molecule has 0 radical (unpaired) electrons. The molecule has 16 heavy (non-hydrogen) atoms. The van der Waals surface area contributed by atoms with E-state index in [9.17, 15) is 4.79 Å². The van der Waals surface area contributed by atoms with Gasteiger partial charge in [0.25, 0.3) is 5.91 Å². The van der Waals surface area contributed by atoms with Gasteiger partial charge < -0.3 is 10.2 Å². The van der Waals surface area contributed by atoms with Gasteiger partial charge in [-0.05, 0) is 19.1 Å². The number of carbonyl (C=O) groups is 1. The van der Waals surface area contributed by atoms with Crippen LogP contribution in [0.3, 0.4) is 0 Å². The van der Waals surface area contributed by atoms with Crippen molar-refractivity contribution in [2.75, 3.05) is 26.7 Å². The van der Waals surface area contributed by atoms with E-state index in [2.05, 4.69) is 5.32 Å². The van der Waals surface area contributed by atoms with Crippen LogP contribution < -0.4 is 5.32 Å². The Morgan fingerprint density at radius 2 is 2.00 bits per heavy atom. The molecule has 2 rings (SSSR count). The van der Waals surface area contributed by atoms with Gasteiger partial charge in [0.2, 0.25) is 0 Å². The minimum atomic E-state index is 0.118. The first kappa shape index (κ1) is 11.1. The van der Waals surface area contributed by atoms with E-state index in [-0.39, 0.29) is 5.91 Å². The third kappa shape index (κ3) is 2.42. The molecule has 1 saturated heterocycles. The summed E-state index contributed by atoms with van der Waals surface area (Å²) in [5, 5.41) is 3.21. The smallest absolute Gasteiger partial charge is 0.253 e. The van der Waals surface area contributed by atoms with E-state index < -0.39 is 0 Å². The maximum absolute atomic E-state index is 12.0. The van der Waals surface area contributed by atoms with Gasteiger partial charge in [-0.2, -0.15) is 0 Å². The highest BCUT2D eigenvalue weighted by atomic mass is 16.2. The maximum atomic E-state index is 12.0. The number of aryl methyl sites for hydroxylation is 1.